The molecule has 0 heterocycles. The molecule has 0 aromatic heterocycles. The van der Waals surface area contributed by atoms with Crippen LogP contribution in [0.5, 0.6) is 0 Å². The first-order valence-corrected chi connectivity index (χ1v) is 11.1. The van der Waals surface area contributed by atoms with Gasteiger partial charge in [0.05, 0.1) is 0 Å². The highest BCUT2D eigenvalue weighted by Gasteiger charge is 2.29. The van der Waals surface area contributed by atoms with Crippen molar-refractivity contribution in [3.05, 3.63) is 64.9 Å². The fourth-order valence-electron chi connectivity index (χ4n) is 2.56. The van der Waals surface area contributed by atoms with E-state index in [0.29, 0.717) is 10.6 Å². The van der Waals surface area contributed by atoms with Gasteiger partial charge in [0.2, 0.25) is 15.9 Å². The lowest BCUT2D eigenvalue weighted by atomic mass is 10.1. The maximum atomic E-state index is 13.9. The van der Waals surface area contributed by atoms with Crippen LogP contribution in [0.4, 0.5) is 4.39 Å². The molecule has 0 saturated heterocycles. The summed E-state index contributed by atoms with van der Waals surface area (Å²) in [5.74, 6) is -2.21. The SMILES string of the molecule is CC(C)[C@H](NS(=O)(=O)c1ccccc1F)C(=O)NCCNC(=O)c1ccc(Cl)cc1. The number of carbonyl (C=O) groups excluding carboxylic acids is 2. The van der Waals surface area contributed by atoms with Crippen LogP contribution in [0.25, 0.3) is 0 Å². The number of benzene rings is 2. The third kappa shape index (κ3) is 6.51. The molecule has 10 heteroatoms. The molecule has 2 aromatic carbocycles. The number of amides is 2. The first kappa shape index (κ1) is 23.8. The van der Waals surface area contributed by atoms with Gasteiger partial charge < -0.3 is 10.6 Å². The highest BCUT2D eigenvalue weighted by atomic mass is 35.5. The first-order valence-electron chi connectivity index (χ1n) is 9.20. The largest absolute Gasteiger partial charge is 0.353 e. The second-order valence-electron chi connectivity index (χ2n) is 6.83. The van der Waals surface area contributed by atoms with E-state index in [-0.39, 0.29) is 19.0 Å². The standard InChI is InChI=1S/C20H23ClFN3O4S/c1-13(2)18(25-30(28,29)17-6-4-3-5-16(17)22)20(27)24-12-11-23-19(26)14-7-9-15(21)10-8-14/h3-10,13,18,25H,11-12H2,1-2H3,(H,23,26)(H,24,27)/t18-/m0/s1. The molecule has 0 unspecified atom stereocenters. The van der Waals surface area contributed by atoms with Gasteiger partial charge in [0, 0.05) is 23.7 Å². The van der Waals surface area contributed by atoms with Crippen LogP contribution in [0.15, 0.2) is 53.4 Å². The van der Waals surface area contributed by atoms with E-state index in [4.69, 9.17) is 11.6 Å². The Morgan fingerprint density at radius 3 is 2.20 bits per heavy atom. The average Bonchev–Trinajstić information content (AvgIpc) is 2.69. The van der Waals surface area contributed by atoms with E-state index in [2.05, 4.69) is 15.4 Å². The molecule has 0 saturated carbocycles. The van der Waals surface area contributed by atoms with Gasteiger partial charge in [0.15, 0.2) is 0 Å². The van der Waals surface area contributed by atoms with E-state index in [1.807, 2.05) is 0 Å². The second kappa shape index (κ2) is 10.5. The third-order valence-corrected chi connectivity index (χ3v) is 5.90. The number of rotatable bonds is 9. The van der Waals surface area contributed by atoms with E-state index in [1.165, 1.54) is 12.1 Å². The van der Waals surface area contributed by atoms with Gasteiger partial charge in [0.1, 0.15) is 16.8 Å². The Labute approximate surface area is 180 Å². The molecule has 0 spiro atoms. The lowest BCUT2D eigenvalue weighted by Gasteiger charge is -2.22. The van der Waals surface area contributed by atoms with Crippen molar-refractivity contribution < 1.29 is 22.4 Å². The Morgan fingerprint density at radius 1 is 1.00 bits per heavy atom. The molecule has 0 aliphatic heterocycles. The molecular weight excluding hydrogens is 433 g/mol. The fourth-order valence-corrected chi connectivity index (χ4v) is 4.11. The Balaban J connectivity index is 1.92. The van der Waals surface area contributed by atoms with Gasteiger partial charge in [-0.2, -0.15) is 4.72 Å². The number of hydrogen-bond acceptors (Lipinski definition) is 4. The molecule has 2 aromatic rings. The molecule has 7 nitrogen and oxygen atoms in total. The zero-order chi connectivity index (χ0) is 22.3. The van der Waals surface area contributed by atoms with Crippen molar-refractivity contribution in [1.82, 2.24) is 15.4 Å². The summed E-state index contributed by atoms with van der Waals surface area (Å²) in [5, 5.41) is 5.72. The molecule has 0 aliphatic rings. The van der Waals surface area contributed by atoms with Crippen LogP contribution >= 0.6 is 11.6 Å². The monoisotopic (exact) mass is 455 g/mol. The van der Waals surface area contributed by atoms with E-state index < -0.39 is 38.6 Å². The molecule has 162 valence electrons. The molecule has 30 heavy (non-hydrogen) atoms. The first-order chi connectivity index (χ1) is 14.1. The Morgan fingerprint density at radius 2 is 1.60 bits per heavy atom. The van der Waals surface area contributed by atoms with Gasteiger partial charge >= 0.3 is 0 Å². The lowest BCUT2D eigenvalue weighted by molar-refractivity contribution is -0.123. The van der Waals surface area contributed by atoms with Crippen molar-refractivity contribution in [3.63, 3.8) is 0 Å². The number of halogens is 2. The minimum Gasteiger partial charge on any atom is -0.353 e. The van der Waals surface area contributed by atoms with E-state index in [9.17, 15) is 22.4 Å². The minimum atomic E-state index is -4.23. The fraction of sp³-hybridized carbons (Fsp3) is 0.300. The van der Waals surface area contributed by atoms with E-state index >= 15 is 0 Å². The van der Waals surface area contributed by atoms with E-state index in [0.717, 1.165) is 12.1 Å². The summed E-state index contributed by atoms with van der Waals surface area (Å²) in [6.07, 6.45) is 0. The quantitative estimate of drug-likeness (QED) is 0.505. The predicted molar refractivity (Wildman–Crippen MR) is 112 cm³/mol. The molecule has 2 rings (SSSR count). The van der Waals surface area contributed by atoms with Crippen LogP contribution < -0.4 is 15.4 Å². The maximum Gasteiger partial charge on any atom is 0.251 e. The maximum absolute atomic E-state index is 13.9. The highest BCUT2D eigenvalue weighted by molar-refractivity contribution is 7.89. The Kier molecular flexibility index (Phi) is 8.33. The summed E-state index contributed by atoms with van der Waals surface area (Å²) in [6.45, 7) is 3.55. The van der Waals surface area contributed by atoms with Crippen molar-refractivity contribution in [2.24, 2.45) is 5.92 Å². The Hall–Kier alpha value is -2.49. The Bertz CT molecular complexity index is 997. The molecule has 0 bridgehead atoms. The van der Waals surface area contributed by atoms with Gasteiger partial charge in [-0.05, 0) is 42.3 Å². The molecule has 3 N–H and O–H groups in total. The minimum absolute atomic E-state index is 0.0861. The van der Waals surface area contributed by atoms with Gasteiger partial charge in [-0.25, -0.2) is 12.8 Å². The topological polar surface area (TPSA) is 104 Å². The molecule has 0 radical (unpaired) electrons. The van der Waals surface area contributed by atoms with Crippen LogP contribution in [-0.4, -0.2) is 39.4 Å². The summed E-state index contributed by atoms with van der Waals surface area (Å²) in [6, 6.07) is 10.1. The number of hydrogen-bond donors (Lipinski definition) is 3. The number of carbonyl (C=O) groups is 2. The zero-order valence-electron chi connectivity index (χ0n) is 16.5. The summed E-state index contributed by atoms with van der Waals surface area (Å²) >= 11 is 5.78. The molecule has 1 atom stereocenters. The van der Waals surface area contributed by atoms with Crippen molar-refractivity contribution in [2.45, 2.75) is 24.8 Å². The molecule has 0 aliphatic carbocycles. The molecule has 0 fully saturated rings. The van der Waals surface area contributed by atoms with Gasteiger partial charge in [-0.1, -0.05) is 37.6 Å². The van der Waals surface area contributed by atoms with Crippen molar-refractivity contribution in [1.29, 1.82) is 0 Å². The smallest absolute Gasteiger partial charge is 0.251 e. The van der Waals surface area contributed by atoms with Crippen molar-refractivity contribution in [2.75, 3.05) is 13.1 Å². The van der Waals surface area contributed by atoms with Crippen molar-refractivity contribution in [3.8, 4) is 0 Å². The normalized spacial score (nSPS) is 12.4. The zero-order valence-corrected chi connectivity index (χ0v) is 18.1. The number of sulfonamides is 1. The van der Waals surface area contributed by atoms with Crippen LogP contribution in [0, 0.1) is 11.7 Å². The summed E-state index contributed by atoms with van der Waals surface area (Å²) in [5.41, 5.74) is 0.420. The van der Waals surface area contributed by atoms with Gasteiger partial charge in [-0.15, -0.1) is 0 Å². The summed E-state index contributed by atoms with van der Waals surface area (Å²) in [4.78, 5) is 24.0. The molecular formula is C20H23ClFN3O4S. The van der Waals surface area contributed by atoms with Crippen molar-refractivity contribution >= 4 is 33.4 Å². The summed E-state index contributed by atoms with van der Waals surface area (Å²) in [7, 11) is -4.23. The molecule has 2 amide bonds. The van der Waals surface area contributed by atoms with Gasteiger partial charge in [0.25, 0.3) is 5.91 Å². The summed E-state index contributed by atoms with van der Waals surface area (Å²) < 4.78 is 41.1. The van der Waals surface area contributed by atoms with Crippen LogP contribution in [0.2, 0.25) is 5.02 Å². The average molecular weight is 456 g/mol. The third-order valence-electron chi connectivity index (χ3n) is 4.17. The van der Waals surface area contributed by atoms with Crippen LogP contribution in [0.3, 0.4) is 0 Å². The second-order valence-corrected chi connectivity index (χ2v) is 8.95. The highest BCUT2D eigenvalue weighted by Crippen LogP contribution is 2.15. The van der Waals surface area contributed by atoms with Crippen LogP contribution in [-0.2, 0) is 14.8 Å². The predicted octanol–water partition coefficient (Wildman–Crippen LogP) is 2.33. The van der Waals surface area contributed by atoms with Crippen LogP contribution in [0.1, 0.15) is 24.2 Å². The van der Waals surface area contributed by atoms with E-state index in [1.54, 1.807) is 38.1 Å². The lowest BCUT2D eigenvalue weighted by Crippen LogP contribution is -2.50. The number of nitrogens with one attached hydrogen (secondary N) is 3. The van der Waals surface area contributed by atoms with Gasteiger partial charge in [-0.3, -0.25) is 9.59 Å².